The van der Waals surface area contributed by atoms with Crippen LogP contribution in [0.15, 0.2) is 95.2 Å². The third kappa shape index (κ3) is 30.1. The molecule has 0 aromatic heterocycles. The number of aliphatic hydroxyl groups is 7. The first-order valence-electron chi connectivity index (χ1n) is 47.5. The standard InChI is InChI=1S/C51H79NO13.C50H77NO13/c1-30-16-12-11-13-17-31(2)42(61-8)28-38-21-19-36(7)51(60,65-38)48(57)49(58)52-23-15-14-18-39(52)50(59)64-43(33(4)26-37-20-22-40(53)44(27-37)62-9)29-41(54)32(3)25-35(6)46(56)47(63-10)45(55)34(5)24-30;1-29-15-11-10-12-16-30(2)40(53)27-37-20-18-35(7)50(60,64-37)47(57)48(58)51-22-14-13-17-38(51)49(59)63-42(32(4)25-36-19-21-39(52)43(26-36)61-8)28-41(54)31(3)24-34(6)45(56)46(62-9)44(55)33(5)23-29/h11-13,16-17,25,30,32-34,36-40,42-44,46-47,53,56,60H,14-15,18-24,26-29H2,1-10H3;10-12,15-16,24,29,31-33,35-40,42-43,45-46,52-53,56,60H,13-14,17-23,25-28H2,1-9H3/b13-11?,16-12+,31-17?,35-25+;12-10+,15-11+,30-16+,34-24+/t30-,32-,33-,34-,36-,37+,38+,39+,40-,42-,43+,44-,46-,47+,51-;29-,31-,32-,33-,35-,36+,37+,38+,39-,40+,42+,43-,45-,46+,50-/m11/s1. The molecule has 129 heavy (non-hydrogen) atoms. The number of methoxy groups -OCH3 is 5. The Balaban J connectivity index is 0.000000353. The number of piperidine rings is 2. The minimum Gasteiger partial charge on any atom is -0.460 e. The molecule has 2 amide bonds. The van der Waals surface area contributed by atoms with Crippen molar-refractivity contribution >= 4 is 58.5 Å². The summed E-state index contributed by atoms with van der Waals surface area (Å²) in [5, 5.41) is 78.6. The zero-order chi connectivity index (χ0) is 95.6. The van der Waals surface area contributed by atoms with E-state index in [4.69, 9.17) is 42.6 Å². The summed E-state index contributed by atoms with van der Waals surface area (Å²) >= 11 is 0. The second-order valence-electron chi connectivity index (χ2n) is 39.0. The van der Waals surface area contributed by atoms with Gasteiger partial charge in [-0.2, -0.15) is 0 Å². The third-order valence-electron chi connectivity index (χ3n) is 28.7. The van der Waals surface area contributed by atoms with Crippen molar-refractivity contribution in [2.24, 2.45) is 71.0 Å². The molecule has 4 saturated heterocycles. The van der Waals surface area contributed by atoms with Crippen LogP contribution < -0.4 is 0 Å². The molecule has 6 aliphatic heterocycles. The highest BCUT2D eigenvalue weighted by Crippen LogP contribution is 2.42. The van der Waals surface area contributed by atoms with Crippen molar-refractivity contribution < 1.29 is 126 Å². The summed E-state index contributed by atoms with van der Waals surface area (Å²) in [5.74, 6) is -16.2. The zero-order valence-electron chi connectivity index (χ0n) is 80.3. The van der Waals surface area contributed by atoms with E-state index in [1.165, 1.54) is 19.1 Å². The third-order valence-corrected chi connectivity index (χ3v) is 28.7. The van der Waals surface area contributed by atoms with Crippen molar-refractivity contribution in [3.63, 3.8) is 0 Å². The average molecular weight is 1810 g/mol. The number of esters is 2. The Bertz CT molecular complexity index is 3990. The van der Waals surface area contributed by atoms with Crippen LogP contribution in [0.1, 0.15) is 251 Å². The first-order valence-corrected chi connectivity index (χ1v) is 47.5. The molecule has 6 fully saturated rings. The zero-order valence-corrected chi connectivity index (χ0v) is 80.3. The largest absolute Gasteiger partial charge is 0.460 e. The van der Waals surface area contributed by atoms with Gasteiger partial charge < -0.3 is 88.2 Å². The second kappa shape index (κ2) is 51.7. The molecule has 6 heterocycles. The van der Waals surface area contributed by atoms with Crippen LogP contribution in [0.3, 0.4) is 0 Å². The number of Topliss-reactive ketones (excluding diaryl/α,β-unsaturated/α-hetero) is 6. The van der Waals surface area contributed by atoms with Crippen molar-refractivity contribution in [2.45, 2.75) is 360 Å². The Morgan fingerprint density at radius 2 is 0.822 bits per heavy atom. The maximum atomic E-state index is 14.4. The van der Waals surface area contributed by atoms with Crippen molar-refractivity contribution in [1.29, 1.82) is 0 Å². The predicted octanol–water partition coefficient (Wildman–Crippen LogP) is 11.7. The van der Waals surface area contributed by atoms with Crippen LogP contribution in [0.4, 0.5) is 0 Å². The molecule has 0 aromatic carbocycles. The highest BCUT2D eigenvalue weighted by Gasteiger charge is 2.56. The summed E-state index contributed by atoms with van der Waals surface area (Å²) in [6, 6.07) is -2.30. The molecule has 28 heteroatoms. The van der Waals surface area contributed by atoms with Gasteiger partial charge in [-0.05, 0) is 214 Å². The Morgan fingerprint density at radius 1 is 0.434 bits per heavy atom. The topological polar surface area (TPSA) is 402 Å². The van der Waals surface area contributed by atoms with E-state index < -0.39 is 168 Å². The molecule has 2 saturated carbocycles. The quantitative estimate of drug-likeness (QED) is 0.0574. The van der Waals surface area contributed by atoms with Crippen molar-refractivity contribution in [1.82, 2.24) is 9.80 Å². The number of ether oxygens (including phenoxy) is 9. The van der Waals surface area contributed by atoms with Crippen LogP contribution in [0.2, 0.25) is 0 Å². The first kappa shape index (κ1) is 109. The number of carbonyl (C=O) groups is 10. The van der Waals surface area contributed by atoms with Gasteiger partial charge in [0.2, 0.25) is 11.6 Å². The van der Waals surface area contributed by atoms with Gasteiger partial charge in [0.05, 0.1) is 48.8 Å². The van der Waals surface area contributed by atoms with Crippen molar-refractivity contribution in [3.8, 4) is 0 Å². The predicted molar refractivity (Wildman–Crippen MR) is 485 cm³/mol. The van der Waals surface area contributed by atoms with Gasteiger partial charge in [0.25, 0.3) is 23.4 Å². The second-order valence-corrected chi connectivity index (χ2v) is 39.0. The van der Waals surface area contributed by atoms with Crippen LogP contribution in [0.5, 0.6) is 0 Å². The molecular formula is C101H156N2O26. The van der Waals surface area contributed by atoms with Gasteiger partial charge >= 0.3 is 11.9 Å². The Kier molecular flexibility index (Phi) is 43.8. The Labute approximate surface area is 765 Å². The van der Waals surface area contributed by atoms with Gasteiger partial charge in [-0.1, -0.05) is 142 Å². The van der Waals surface area contributed by atoms with E-state index in [0.717, 1.165) is 16.9 Å². The van der Waals surface area contributed by atoms with Crippen molar-refractivity contribution in [3.05, 3.63) is 95.2 Å². The van der Waals surface area contributed by atoms with Gasteiger partial charge in [0, 0.05) is 110 Å². The molecule has 7 N–H and O–H groups in total. The number of aliphatic hydroxyl groups excluding tert-OH is 5. The van der Waals surface area contributed by atoms with Crippen LogP contribution in [-0.4, -0.2) is 262 Å². The molecule has 0 radical (unpaired) electrons. The summed E-state index contributed by atoms with van der Waals surface area (Å²) in [6.45, 7) is 25.2. The molecular weight excluding hydrogens is 1660 g/mol. The van der Waals surface area contributed by atoms with Crippen LogP contribution in [0.25, 0.3) is 0 Å². The number of nitrogens with zero attached hydrogens (tertiary/aromatic N) is 2. The number of fused-ring (bicyclic) bond motifs is 6. The van der Waals surface area contributed by atoms with Gasteiger partial charge in [-0.15, -0.1) is 0 Å². The van der Waals surface area contributed by atoms with E-state index in [-0.39, 0.29) is 116 Å². The smallest absolute Gasteiger partial charge is 0.329 e. The van der Waals surface area contributed by atoms with Crippen LogP contribution in [0, 0.1) is 71.0 Å². The molecule has 0 unspecified atom stereocenters. The number of amides is 2. The molecule has 8 rings (SSSR count). The summed E-state index contributed by atoms with van der Waals surface area (Å²) in [5.41, 5.74) is 2.27. The lowest BCUT2D eigenvalue weighted by Gasteiger charge is -2.42. The number of allylic oxidation sites excluding steroid dienone is 12. The van der Waals surface area contributed by atoms with Gasteiger partial charge in [0.15, 0.2) is 11.6 Å². The molecule has 8 aliphatic rings. The van der Waals surface area contributed by atoms with E-state index >= 15 is 0 Å². The molecule has 30 atom stereocenters. The fourth-order valence-electron chi connectivity index (χ4n) is 20.0. The van der Waals surface area contributed by atoms with E-state index in [1.807, 2.05) is 90.2 Å². The lowest BCUT2D eigenvalue weighted by molar-refractivity contribution is -0.265. The van der Waals surface area contributed by atoms with E-state index in [0.29, 0.717) is 132 Å². The van der Waals surface area contributed by atoms with Gasteiger partial charge in [0.1, 0.15) is 60.3 Å². The molecule has 4 bridgehead atoms. The fraction of sp³-hybridized carbons (Fsp3) is 0.743. The summed E-state index contributed by atoms with van der Waals surface area (Å²) in [4.78, 5) is 143. The summed E-state index contributed by atoms with van der Waals surface area (Å²) in [7, 11) is 7.45. The van der Waals surface area contributed by atoms with E-state index in [1.54, 1.807) is 101 Å². The fourth-order valence-corrected chi connectivity index (χ4v) is 20.0. The monoisotopic (exact) mass is 1810 g/mol. The molecule has 2 aliphatic carbocycles. The molecule has 0 spiro atoms. The maximum Gasteiger partial charge on any atom is 0.329 e. The molecule has 0 aromatic rings. The van der Waals surface area contributed by atoms with E-state index in [9.17, 15) is 83.7 Å². The van der Waals surface area contributed by atoms with Crippen LogP contribution in [-0.2, 0) is 90.6 Å². The lowest BCUT2D eigenvalue weighted by atomic mass is 9.78. The maximum absolute atomic E-state index is 14.4. The van der Waals surface area contributed by atoms with E-state index in [2.05, 4.69) is 0 Å². The SMILES string of the molecule is CO[C@@H]1C[C@@H]2CC[C@@H](C)[C@@](O)(O2)C(=O)C(=O)N2CCCC[C@H]2C(=O)O[C@H]([C@H](C)C[C@@H]2CC[C@@H](O)[C@H](OC)C2)CC(=O)[C@H](C)/C=C(\C)[C@@H](O)[C@@H](OC)C(=O)[C@H](C)C[C@H](C)/C=C/C=CC=C1C.CO[C@@H]1C[C@H](C[C@@H](C)[C@@H]2CC(=O)[C@H](C)/C=C(\C)[C@@H](O)[C@@H](OC)C(=O)[C@H](C)C[C@H](C)/C=C/C=C/C=C(\C)[C@@H](O)C[C@@H]3CC[C@@H](C)[C@@](O)(O3)C(=O)C(=O)N3CCCC[C@H]3C(=O)O2)CC[C@H]1O. The number of hydrogen-bond acceptors (Lipinski definition) is 26. The number of cyclic esters (lactones) is 2. The number of ketones is 6. The van der Waals surface area contributed by atoms with Crippen molar-refractivity contribution in [2.75, 3.05) is 48.6 Å². The minimum atomic E-state index is -2.48. The average Bonchev–Trinajstić information content (AvgIpc) is 0.773. The van der Waals surface area contributed by atoms with Crippen LogP contribution >= 0.6 is 0 Å². The first-order chi connectivity index (χ1) is 61.0. The van der Waals surface area contributed by atoms with Gasteiger partial charge in [-0.3, -0.25) is 38.4 Å². The normalized spacial score (nSPS) is 40.0. The highest BCUT2D eigenvalue weighted by molar-refractivity contribution is 6.39. The highest BCUT2D eigenvalue weighted by atomic mass is 16.6. The molecule has 726 valence electrons. The lowest BCUT2D eigenvalue weighted by Crippen LogP contribution is -2.61. The number of rotatable bonds is 11. The number of hydrogen-bond donors (Lipinski definition) is 7. The Hall–Kier alpha value is -6.74. The Morgan fingerprint density at radius 3 is 1.20 bits per heavy atom. The molecule has 28 nitrogen and oxygen atoms in total. The minimum absolute atomic E-state index is 0.00489. The number of carbonyl (C=O) groups excluding carboxylic acids is 10. The van der Waals surface area contributed by atoms with Gasteiger partial charge in [-0.25, -0.2) is 9.59 Å². The summed E-state index contributed by atoms with van der Waals surface area (Å²) < 4.78 is 52.7. The summed E-state index contributed by atoms with van der Waals surface area (Å²) in [6.07, 6.45) is 20.7.